The summed E-state index contributed by atoms with van der Waals surface area (Å²) in [7, 11) is 0. The molecule has 326 valence electrons. The number of hydrogen-bond donors (Lipinski definition) is 0. The number of aryl methyl sites for hydroxylation is 2. The Balaban J connectivity index is 1.02. The van der Waals surface area contributed by atoms with E-state index in [4.69, 9.17) is 9.97 Å². The summed E-state index contributed by atoms with van der Waals surface area (Å²) in [6.07, 6.45) is 0. The third-order valence-electron chi connectivity index (χ3n) is 13.6. The van der Waals surface area contributed by atoms with Crippen molar-refractivity contribution in [1.82, 2.24) is 23.7 Å². The van der Waals surface area contributed by atoms with E-state index < -0.39 is 0 Å². The molecule has 4 heterocycles. The average molecular weight is 884 g/mol. The maximum atomic E-state index is 5.42. The highest BCUT2D eigenvalue weighted by atomic mass is 15.0. The van der Waals surface area contributed by atoms with Crippen LogP contribution in [0.25, 0.3) is 117 Å². The predicted octanol–water partition coefficient (Wildman–Crippen LogP) is 16.4. The average Bonchev–Trinajstić information content (AvgIpc) is 4.10. The summed E-state index contributed by atoms with van der Waals surface area (Å²) in [4.78, 5) is 10.7. The van der Waals surface area contributed by atoms with Gasteiger partial charge in [-0.05, 0) is 97.8 Å². The minimum absolute atomic E-state index is 0.668. The second-order valence-electron chi connectivity index (χ2n) is 18.0. The normalized spacial score (nSPS) is 11.6. The van der Waals surface area contributed by atoms with Crippen LogP contribution in [0.3, 0.4) is 0 Å². The topological polar surface area (TPSA) is 40.6 Å². The lowest BCUT2D eigenvalue weighted by atomic mass is 10.0. The summed E-state index contributed by atoms with van der Waals surface area (Å²) < 4.78 is 7.18. The molecule has 13 rings (SSSR count). The maximum Gasteiger partial charge on any atom is 0.160 e. The fourth-order valence-corrected chi connectivity index (χ4v) is 10.3. The summed E-state index contributed by atoms with van der Waals surface area (Å²) >= 11 is 0. The number of fused-ring (bicyclic) bond motifs is 6. The van der Waals surface area contributed by atoms with Gasteiger partial charge in [0.1, 0.15) is 0 Å². The maximum absolute atomic E-state index is 5.42. The third kappa shape index (κ3) is 6.94. The standard InChI is InChI=1S/C64H45N5/c1-42-24-28-45(29-25-42)58-36-37-59(46-30-26-43(2)27-31-46)67(58)49-34-32-44(33-35-49)56-41-57(66-64(65-56)47-14-4-3-5-15-47)48-38-50(68-60-20-10-6-16-52(60)53-17-7-11-21-61(53)68)40-51(39-48)69-62-22-12-8-18-54(62)55-19-9-13-23-63(55)69/h3-41H,1-2H3. The van der Waals surface area contributed by atoms with Crippen molar-refractivity contribution in [3.05, 3.63) is 248 Å². The number of hydrogen-bond acceptors (Lipinski definition) is 2. The molecule has 5 nitrogen and oxygen atoms in total. The molecule has 5 heteroatoms. The molecule has 0 spiro atoms. The number of rotatable bonds is 8. The first-order valence-corrected chi connectivity index (χ1v) is 23.6. The second kappa shape index (κ2) is 16.4. The molecule has 9 aromatic carbocycles. The molecule has 0 amide bonds. The number of nitrogens with zero attached hydrogens (tertiary/aromatic N) is 5. The van der Waals surface area contributed by atoms with E-state index in [9.17, 15) is 0 Å². The van der Waals surface area contributed by atoms with Crippen LogP contribution < -0.4 is 0 Å². The van der Waals surface area contributed by atoms with Gasteiger partial charge in [-0.25, -0.2) is 9.97 Å². The van der Waals surface area contributed by atoms with Gasteiger partial charge in [0.25, 0.3) is 0 Å². The molecule has 0 radical (unpaired) electrons. The van der Waals surface area contributed by atoms with Gasteiger partial charge < -0.3 is 13.7 Å². The molecule has 0 atom stereocenters. The van der Waals surface area contributed by atoms with E-state index in [1.54, 1.807) is 0 Å². The van der Waals surface area contributed by atoms with Gasteiger partial charge in [0, 0.05) is 55.3 Å². The van der Waals surface area contributed by atoms with Gasteiger partial charge in [0.15, 0.2) is 5.82 Å². The van der Waals surface area contributed by atoms with Crippen LogP contribution in [0.4, 0.5) is 0 Å². The molecular weight excluding hydrogens is 839 g/mol. The highest BCUT2D eigenvalue weighted by Gasteiger charge is 2.20. The van der Waals surface area contributed by atoms with Crippen LogP contribution in [-0.2, 0) is 0 Å². The molecular formula is C64H45N5. The zero-order valence-electron chi connectivity index (χ0n) is 38.3. The van der Waals surface area contributed by atoms with Gasteiger partial charge in [-0.1, -0.05) is 175 Å². The lowest BCUT2D eigenvalue weighted by Crippen LogP contribution is -2.02. The number of para-hydroxylation sites is 4. The Kier molecular flexibility index (Phi) is 9.55. The summed E-state index contributed by atoms with van der Waals surface area (Å²) in [6.45, 7) is 4.27. The van der Waals surface area contributed by atoms with Crippen LogP contribution in [0.5, 0.6) is 0 Å². The van der Waals surface area contributed by atoms with Crippen LogP contribution in [-0.4, -0.2) is 23.7 Å². The molecule has 0 saturated carbocycles. The summed E-state index contributed by atoms with van der Waals surface area (Å²) in [5.41, 5.74) is 19.5. The molecule has 69 heavy (non-hydrogen) atoms. The van der Waals surface area contributed by atoms with Gasteiger partial charge in [0.2, 0.25) is 0 Å². The zero-order chi connectivity index (χ0) is 46.0. The first-order valence-electron chi connectivity index (χ1n) is 23.6. The van der Waals surface area contributed by atoms with Gasteiger partial charge in [0.05, 0.1) is 44.8 Å². The van der Waals surface area contributed by atoms with E-state index >= 15 is 0 Å². The van der Waals surface area contributed by atoms with Gasteiger partial charge in [-0.3, -0.25) is 0 Å². The van der Waals surface area contributed by atoms with E-state index in [1.807, 2.05) is 6.07 Å². The Morgan fingerprint density at radius 3 is 1.12 bits per heavy atom. The SMILES string of the molecule is Cc1ccc(-c2ccc(-c3ccc(C)cc3)n2-c2ccc(-c3cc(-c4cc(-n5c6ccccc6c6ccccc65)cc(-n5c6ccccc6c6ccccc65)c4)nc(-c4ccccc4)n3)cc2)cc1. The van der Waals surface area contributed by atoms with Crippen molar-refractivity contribution < 1.29 is 0 Å². The van der Waals surface area contributed by atoms with Crippen molar-refractivity contribution in [3.63, 3.8) is 0 Å². The van der Waals surface area contributed by atoms with Crippen molar-refractivity contribution in [2.45, 2.75) is 13.8 Å². The minimum atomic E-state index is 0.668. The van der Waals surface area contributed by atoms with Crippen LogP contribution in [0.1, 0.15) is 11.1 Å². The second-order valence-corrected chi connectivity index (χ2v) is 18.0. The van der Waals surface area contributed by atoms with Crippen molar-refractivity contribution >= 4 is 43.6 Å². The van der Waals surface area contributed by atoms with Crippen LogP contribution in [0.2, 0.25) is 0 Å². The molecule has 0 N–H and O–H groups in total. The highest BCUT2D eigenvalue weighted by Crippen LogP contribution is 2.39. The molecule has 0 bridgehead atoms. The number of benzene rings is 9. The molecule has 0 unspecified atom stereocenters. The lowest BCUT2D eigenvalue weighted by molar-refractivity contribution is 1.09. The molecule has 0 aliphatic carbocycles. The van der Waals surface area contributed by atoms with E-state index in [-0.39, 0.29) is 0 Å². The van der Waals surface area contributed by atoms with E-state index in [0.29, 0.717) is 5.82 Å². The molecule has 13 aromatic rings. The van der Waals surface area contributed by atoms with Crippen LogP contribution >= 0.6 is 0 Å². The molecule has 0 aliphatic heterocycles. The third-order valence-corrected chi connectivity index (χ3v) is 13.6. The van der Waals surface area contributed by atoms with E-state index in [1.165, 1.54) is 43.8 Å². The fourth-order valence-electron chi connectivity index (χ4n) is 10.3. The summed E-state index contributed by atoms with van der Waals surface area (Å²) in [6, 6.07) is 85.2. The van der Waals surface area contributed by atoms with Crippen molar-refractivity contribution in [2.75, 3.05) is 0 Å². The largest absolute Gasteiger partial charge is 0.309 e. The minimum Gasteiger partial charge on any atom is -0.309 e. The molecule has 0 aliphatic rings. The van der Waals surface area contributed by atoms with Crippen LogP contribution in [0.15, 0.2) is 237 Å². The Morgan fingerprint density at radius 2 is 0.667 bits per heavy atom. The Morgan fingerprint density at radius 1 is 0.275 bits per heavy atom. The zero-order valence-corrected chi connectivity index (χ0v) is 38.3. The Labute approximate surface area is 400 Å². The van der Waals surface area contributed by atoms with Crippen LogP contribution in [0, 0.1) is 13.8 Å². The highest BCUT2D eigenvalue weighted by molar-refractivity contribution is 6.10. The Bertz CT molecular complexity index is 3760. The summed E-state index contributed by atoms with van der Waals surface area (Å²) in [5, 5.41) is 4.86. The quantitative estimate of drug-likeness (QED) is 0.153. The van der Waals surface area contributed by atoms with Gasteiger partial charge in [-0.15, -0.1) is 0 Å². The fraction of sp³-hybridized carbons (Fsp3) is 0.0312. The van der Waals surface area contributed by atoms with Crippen molar-refractivity contribution in [1.29, 1.82) is 0 Å². The van der Waals surface area contributed by atoms with Crippen molar-refractivity contribution in [2.24, 2.45) is 0 Å². The first-order chi connectivity index (χ1) is 34.0. The van der Waals surface area contributed by atoms with Gasteiger partial charge in [-0.2, -0.15) is 0 Å². The van der Waals surface area contributed by atoms with E-state index in [0.717, 1.165) is 78.6 Å². The first kappa shape index (κ1) is 40.2. The van der Waals surface area contributed by atoms with E-state index in [2.05, 4.69) is 258 Å². The Hall–Kier alpha value is -9.06. The smallest absolute Gasteiger partial charge is 0.160 e. The predicted molar refractivity (Wildman–Crippen MR) is 287 cm³/mol. The summed E-state index contributed by atoms with van der Waals surface area (Å²) in [5.74, 6) is 0.668. The molecule has 4 aromatic heterocycles. The lowest BCUT2D eigenvalue weighted by Gasteiger charge is -2.17. The molecule has 0 fully saturated rings. The monoisotopic (exact) mass is 883 g/mol. The molecule has 0 saturated heterocycles. The van der Waals surface area contributed by atoms with Crippen molar-refractivity contribution in [3.8, 4) is 73.5 Å². The number of aromatic nitrogens is 5. The van der Waals surface area contributed by atoms with Gasteiger partial charge >= 0.3 is 0 Å².